The number of nitrogens with zero attached hydrogens (tertiary/aromatic N) is 2. The minimum Gasteiger partial charge on any atom is -0.358 e. The third-order valence-electron chi connectivity index (χ3n) is 6.40. The van der Waals surface area contributed by atoms with Gasteiger partial charge in [0, 0.05) is 23.3 Å². The van der Waals surface area contributed by atoms with E-state index in [9.17, 15) is 14.4 Å². The highest BCUT2D eigenvalue weighted by atomic mass is 35.5. The lowest BCUT2D eigenvalue weighted by Crippen LogP contribution is -2.44. The maximum Gasteiger partial charge on any atom is 0.235 e. The Bertz CT molecular complexity index is 1080. The molecule has 2 aromatic rings. The van der Waals surface area contributed by atoms with E-state index in [0.717, 1.165) is 11.1 Å². The lowest BCUT2D eigenvalue weighted by atomic mass is 9.83. The Balaban J connectivity index is 1.64. The molecule has 0 saturated carbocycles. The summed E-state index contributed by atoms with van der Waals surface area (Å²) in [6.07, 6.45) is 4.51. The second-order valence-corrected chi connectivity index (χ2v) is 8.47. The average Bonchev–Trinajstić information content (AvgIpc) is 3.22. The number of fused-ring (bicyclic) bond motifs is 5. The lowest BCUT2D eigenvalue weighted by Gasteiger charge is -2.35. The Morgan fingerprint density at radius 2 is 1.70 bits per heavy atom. The summed E-state index contributed by atoms with van der Waals surface area (Å²) in [7, 11) is 0. The van der Waals surface area contributed by atoms with E-state index in [1.807, 2.05) is 48.4 Å². The number of likely N-dealkylation sites (tertiary alicyclic amines) is 1. The summed E-state index contributed by atoms with van der Waals surface area (Å²) in [4.78, 5) is 43.5. The van der Waals surface area contributed by atoms with Crippen molar-refractivity contribution in [3.8, 4) is 0 Å². The molecule has 0 aliphatic carbocycles. The van der Waals surface area contributed by atoms with E-state index >= 15 is 0 Å². The van der Waals surface area contributed by atoms with Crippen molar-refractivity contribution in [2.45, 2.75) is 25.4 Å². The normalized spacial score (nSPS) is 26.6. The Hall–Kier alpha value is -2.92. The van der Waals surface area contributed by atoms with Crippen LogP contribution in [0.5, 0.6) is 0 Å². The minimum absolute atomic E-state index is 0.160. The van der Waals surface area contributed by atoms with E-state index in [1.54, 1.807) is 24.3 Å². The van der Waals surface area contributed by atoms with Crippen molar-refractivity contribution in [1.29, 1.82) is 0 Å². The Labute approximate surface area is 179 Å². The molecule has 0 aromatic heterocycles. The Morgan fingerprint density at radius 3 is 2.43 bits per heavy atom. The fourth-order valence-corrected chi connectivity index (χ4v) is 5.27. The number of Topliss-reactive ketones (excluding diaryl/α,β-unsaturated/α-hetero) is 1. The monoisotopic (exact) mass is 420 g/mol. The molecule has 3 aliphatic rings. The van der Waals surface area contributed by atoms with Crippen molar-refractivity contribution in [3.63, 3.8) is 0 Å². The molecule has 4 atom stereocenters. The molecular weight excluding hydrogens is 400 g/mol. The fourth-order valence-electron chi connectivity index (χ4n) is 5.15. The highest BCUT2D eigenvalue weighted by molar-refractivity contribution is 6.30. The highest BCUT2D eigenvalue weighted by Gasteiger charge is 2.64. The smallest absolute Gasteiger partial charge is 0.235 e. The second-order valence-electron chi connectivity index (χ2n) is 8.03. The van der Waals surface area contributed by atoms with E-state index in [4.69, 9.17) is 11.6 Å². The van der Waals surface area contributed by atoms with Gasteiger partial charge in [-0.25, -0.2) is 0 Å². The van der Waals surface area contributed by atoms with E-state index in [1.165, 1.54) is 4.90 Å². The first kappa shape index (κ1) is 19.1. The SMILES string of the molecule is CCCN1C(=O)[C@@H]2[C@H](C1=O)[C@H]1c3ccccc3C=CN1[C@@H]2C(=O)c1ccc(Cl)cc1. The van der Waals surface area contributed by atoms with Crippen molar-refractivity contribution in [1.82, 2.24) is 9.80 Å². The van der Waals surface area contributed by atoms with E-state index in [-0.39, 0.29) is 23.6 Å². The zero-order valence-electron chi connectivity index (χ0n) is 16.5. The summed E-state index contributed by atoms with van der Waals surface area (Å²) in [6, 6.07) is 13.5. The Morgan fingerprint density at radius 1 is 1.00 bits per heavy atom. The quantitative estimate of drug-likeness (QED) is 0.555. The number of carbonyl (C=O) groups is 3. The van der Waals surface area contributed by atoms with Gasteiger partial charge in [0.15, 0.2) is 5.78 Å². The fraction of sp³-hybridized carbons (Fsp3) is 0.292. The number of amides is 2. The molecular formula is C24H21ClN2O3. The van der Waals surface area contributed by atoms with Gasteiger partial charge in [0.05, 0.1) is 17.9 Å². The van der Waals surface area contributed by atoms with Gasteiger partial charge in [-0.05, 0) is 47.9 Å². The van der Waals surface area contributed by atoms with Crippen LogP contribution in [0.1, 0.15) is 40.9 Å². The zero-order valence-corrected chi connectivity index (χ0v) is 17.3. The molecule has 0 unspecified atom stereocenters. The number of imide groups is 1. The predicted octanol–water partition coefficient (Wildman–Crippen LogP) is 3.94. The number of benzene rings is 2. The van der Waals surface area contributed by atoms with Gasteiger partial charge in [0.2, 0.25) is 11.8 Å². The first-order valence-corrected chi connectivity index (χ1v) is 10.6. The predicted molar refractivity (Wildman–Crippen MR) is 114 cm³/mol. The van der Waals surface area contributed by atoms with Crippen molar-refractivity contribution in [2.75, 3.05) is 6.54 Å². The van der Waals surface area contributed by atoms with Gasteiger partial charge in [-0.3, -0.25) is 19.3 Å². The molecule has 3 aliphatic heterocycles. The molecule has 0 bridgehead atoms. The summed E-state index contributed by atoms with van der Waals surface area (Å²) in [5, 5.41) is 0.543. The van der Waals surface area contributed by atoms with Gasteiger partial charge in [-0.2, -0.15) is 0 Å². The average molecular weight is 421 g/mol. The van der Waals surface area contributed by atoms with Crippen LogP contribution in [-0.4, -0.2) is 40.0 Å². The zero-order chi connectivity index (χ0) is 21.0. The molecule has 2 saturated heterocycles. The summed E-state index contributed by atoms with van der Waals surface area (Å²) in [5.74, 6) is -1.81. The molecule has 152 valence electrons. The van der Waals surface area contributed by atoms with Gasteiger partial charge in [-0.1, -0.05) is 42.8 Å². The third-order valence-corrected chi connectivity index (χ3v) is 6.65. The lowest BCUT2D eigenvalue weighted by molar-refractivity contribution is -0.141. The van der Waals surface area contributed by atoms with Crippen LogP contribution in [0.4, 0.5) is 0 Å². The topological polar surface area (TPSA) is 57.7 Å². The molecule has 0 N–H and O–H groups in total. The van der Waals surface area contributed by atoms with Crippen LogP contribution in [0.25, 0.3) is 6.08 Å². The molecule has 3 heterocycles. The first-order chi connectivity index (χ1) is 14.5. The number of ketones is 1. The van der Waals surface area contributed by atoms with E-state index in [2.05, 4.69) is 0 Å². The summed E-state index contributed by atoms with van der Waals surface area (Å²) in [6.45, 7) is 2.33. The summed E-state index contributed by atoms with van der Waals surface area (Å²) < 4.78 is 0. The van der Waals surface area contributed by atoms with Crippen molar-refractivity contribution in [2.24, 2.45) is 11.8 Å². The van der Waals surface area contributed by atoms with Crippen LogP contribution in [0, 0.1) is 11.8 Å². The number of hydrogen-bond acceptors (Lipinski definition) is 4. The maximum atomic E-state index is 13.6. The maximum absolute atomic E-state index is 13.6. The molecule has 5 rings (SSSR count). The second kappa shape index (κ2) is 7.10. The van der Waals surface area contributed by atoms with Gasteiger partial charge in [0.1, 0.15) is 6.04 Å². The van der Waals surface area contributed by atoms with E-state index < -0.39 is 17.9 Å². The van der Waals surface area contributed by atoms with Crippen molar-refractivity contribution >= 4 is 35.3 Å². The molecule has 0 spiro atoms. The van der Waals surface area contributed by atoms with Crippen molar-refractivity contribution < 1.29 is 14.4 Å². The van der Waals surface area contributed by atoms with Gasteiger partial charge in [0.25, 0.3) is 0 Å². The third kappa shape index (κ3) is 2.65. The van der Waals surface area contributed by atoms with Gasteiger partial charge < -0.3 is 4.90 Å². The van der Waals surface area contributed by atoms with Gasteiger partial charge >= 0.3 is 0 Å². The highest BCUT2D eigenvalue weighted by Crippen LogP contribution is 2.53. The van der Waals surface area contributed by atoms with Gasteiger partial charge in [-0.15, -0.1) is 0 Å². The van der Waals surface area contributed by atoms with Crippen LogP contribution in [0.2, 0.25) is 5.02 Å². The molecule has 0 radical (unpaired) electrons. The first-order valence-electron chi connectivity index (χ1n) is 10.2. The summed E-state index contributed by atoms with van der Waals surface area (Å²) >= 11 is 5.99. The number of rotatable bonds is 4. The van der Waals surface area contributed by atoms with Crippen LogP contribution in [0.3, 0.4) is 0 Å². The minimum atomic E-state index is -0.718. The largest absolute Gasteiger partial charge is 0.358 e. The van der Waals surface area contributed by atoms with Crippen LogP contribution < -0.4 is 0 Å². The molecule has 2 aromatic carbocycles. The molecule has 30 heavy (non-hydrogen) atoms. The number of carbonyl (C=O) groups excluding carboxylic acids is 3. The molecule has 2 amide bonds. The van der Waals surface area contributed by atoms with Crippen LogP contribution in [0.15, 0.2) is 54.7 Å². The standard InChI is InChI=1S/C24H21ClN2O3/c1-2-12-27-23(29)18-19(24(27)30)21(22(28)15-7-9-16(25)10-8-15)26-13-11-14-5-3-4-6-17(14)20(18)26/h3-11,13,18-21H,2,12H2,1H3/t18-,19+,20+,21-/m0/s1. The Kier molecular flexibility index (Phi) is 4.51. The number of halogens is 1. The number of hydrogen-bond donors (Lipinski definition) is 0. The molecule has 2 fully saturated rings. The molecule has 5 nitrogen and oxygen atoms in total. The van der Waals surface area contributed by atoms with E-state index in [0.29, 0.717) is 23.6 Å². The molecule has 6 heteroatoms. The van der Waals surface area contributed by atoms with Crippen LogP contribution >= 0.6 is 11.6 Å². The van der Waals surface area contributed by atoms with Crippen molar-refractivity contribution in [3.05, 3.63) is 76.4 Å². The summed E-state index contributed by atoms with van der Waals surface area (Å²) in [5.41, 5.74) is 2.50. The van der Waals surface area contributed by atoms with Crippen LogP contribution in [-0.2, 0) is 9.59 Å².